The van der Waals surface area contributed by atoms with E-state index in [1.54, 1.807) is 0 Å². The summed E-state index contributed by atoms with van der Waals surface area (Å²) in [5, 5.41) is 6.66. The van der Waals surface area contributed by atoms with E-state index in [-0.39, 0.29) is 24.0 Å². The minimum Gasteiger partial charge on any atom is -0.357 e. The molecule has 4 nitrogen and oxygen atoms in total. The molecule has 0 aliphatic heterocycles. The SMILES string of the molecule is CCNC(=NCCN(C)CC)NCCc1ccccc1.I. The van der Waals surface area contributed by atoms with Gasteiger partial charge in [-0.2, -0.15) is 0 Å². The Kier molecular flexibility index (Phi) is 12.4. The van der Waals surface area contributed by atoms with Crippen LogP contribution in [-0.4, -0.2) is 50.6 Å². The Morgan fingerprint density at radius 1 is 1.14 bits per heavy atom. The summed E-state index contributed by atoms with van der Waals surface area (Å²) in [6.07, 6.45) is 1.01. The van der Waals surface area contributed by atoms with Gasteiger partial charge in [0.05, 0.1) is 6.54 Å². The van der Waals surface area contributed by atoms with Gasteiger partial charge in [0.1, 0.15) is 0 Å². The van der Waals surface area contributed by atoms with Gasteiger partial charge in [0.2, 0.25) is 0 Å². The Hall–Kier alpha value is -0.820. The molecule has 0 saturated carbocycles. The van der Waals surface area contributed by atoms with E-state index in [1.807, 2.05) is 6.07 Å². The van der Waals surface area contributed by atoms with Gasteiger partial charge < -0.3 is 15.5 Å². The van der Waals surface area contributed by atoms with Crippen molar-refractivity contribution in [1.29, 1.82) is 0 Å². The second-order valence-corrected chi connectivity index (χ2v) is 4.82. The van der Waals surface area contributed by atoms with Crippen molar-refractivity contribution >= 4 is 29.9 Å². The number of nitrogens with one attached hydrogen (secondary N) is 2. The van der Waals surface area contributed by atoms with E-state index in [0.717, 1.165) is 45.1 Å². The molecule has 0 unspecified atom stereocenters. The number of nitrogens with zero attached hydrogens (tertiary/aromatic N) is 2. The van der Waals surface area contributed by atoms with Crippen LogP contribution in [0.4, 0.5) is 0 Å². The second kappa shape index (κ2) is 12.9. The molecule has 0 fully saturated rings. The molecule has 1 aromatic rings. The van der Waals surface area contributed by atoms with Gasteiger partial charge in [0.25, 0.3) is 0 Å². The minimum absolute atomic E-state index is 0. The Morgan fingerprint density at radius 3 is 2.48 bits per heavy atom. The molecule has 0 aliphatic rings. The molecule has 0 bridgehead atoms. The molecule has 0 saturated heterocycles. The third-order valence-corrected chi connectivity index (χ3v) is 3.18. The maximum atomic E-state index is 4.59. The van der Waals surface area contributed by atoms with Crippen molar-refractivity contribution in [2.24, 2.45) is 4.99 Å². The van der Waals surface area contributed by atoms with Crippen LogP contribution in [0.2, 0.25) is 0 Å². The Balaban J connectivity index is 0.00000400. The molecular formula is C16H29IN4. The number of aliphatic imine (C=N–C) groups is 1. The van der Waals surface area contributed by atoms with Crippen molar-refractivity contribution in [2.75, 3.05) is 39.8 Å². The van der Waals surface area contributed by atoms with E-state index in [0.29, 0.717) is 0 Å². The van der Waals surface area contributed by atoms with Crippen molar-refractivity contribution in [3.05, 3.63) is 35.9 Å². The molecular weight excluding hydrogens is 375 g/mol. The van der Waals surface area contributed by atoms with E-state index in [4.69, 9.17) is 0 Å². The first kappa shape index (κ1) is 20.2. The third kappa shape index (κ3) is 9.68. The highest BCUT2D eigenvalue weighted by Gasteiger charge is 1.98. The molecule has 21 heavy (non-hydrogen) atoms. The number of benzene rings is 1. The molecule has 0 heterocycles. The summed E-state index contributed by atoms with van der Waals surface area (Å²) < 4.78 is 0. The zero-order valence-corrected chi connectivity index (χ0v) is 15.8. The number of hydrogen-bond acceptors (Lipinski definition) is 2. The van der Waals surface area contributed by atoms with Crippen LogP contribution < -0.4 is 10.6 Å². The maximum Gasteiger partial charge on any atom is 0.191 e. The zero-order valence-electron chi connectivity index (χ0n) is 13.4. The summed E-state index contributed by atoms with van der Waals surface area (Å²) in [7, 11) is 2.12. The van der Waals surface area contributed by atoms with Gasteiger partial charge in [-0.3, -0.25) is 4.99 Å². The largest absolute Gasteiger partial charge is 0.357 e. The van der Waals surface area contributed by atoms with Gasteiger partial charge in [-0.15, -0.1) is 24.0 Å². The highest BCUT2D eigenvalue weighted by atomic mass is 127. The topological polar surface area (TPSA) is 39.7 Å². The quantitative estimate of drug-likeness (QED) is 0.397. The molecule has 5 heteroatoms. The first-order valence-corrected chi connectivity index (χ1v) is 7.51. The minimum atomic E-state index is 0. The Bertz CT molecular complexity index is 381. The molecule has 0 spiro atoms. The first-order chi connectivity index (χ1) is 9.76. The lowest BCUT2D eigenvalue weighted by molar-refractivity contribution is 0.363. The van der Waals surface area contributed by atoms with E-state index < -0.39 is 0 Å². The van der Waals surface area contributed by atoms with Crippen molar-refractivity contribution in [1.82, 2.24) is 15.5 Å². The van der Waals surface area contributed by atoms with Gasteiger partial charge in [-0.25, -0.2) is 0 Å². The molecule has 0 aromatic heterocycles. The van der Waals surface area contributed by atoms with Gasteiger partial charge in [-0.05, 0) is 32.5 Å². The number of halogens is 1. The summed E-state index contributed by atoms with van der Waals surface area (Å²) in [5.41, 5.74) is 1.35. The summed E-state index contributed by atoms with van der Waals surface area (Å²) in [6.45, 7) is 8.92. The van der Waals surface area contributed by atoms with Crippen LogP contribution >= 0.6 is 24.0 Å². The van der Waals surface area contributed by atoms with Crippen molar-refractivity contribution < 1.29 is 0 Å². The van der Waals surface area contributed by atoms with Crippen molar-refractivity contribution in [3.8, 4) is 0 Å². The lowest BCUT2D eigenvalue weighted by atomic mass is 10.1. The number of hydrogen-bond donors (Lipinski definition) is 2. The van der Waals surface area contributed by atoms with Crippen LogP contribution in [0.5, 0.6) is 0 Å². The van der Waals surface area contributed by atoms with E-state index in [2.05, 4.69) is 65.7 Å². The summed E-state index contributed by atoms with van der Waals surface area (Å²) in [5.74, 6) is 0.910. The molecule has 2 N–H and O–H groups in total. The number of likely N-dealkylation sites (N-methyl/N-ethyl adjacent to an activating group) is 1. The van der Waals surface area contributed by atoms with E-state index in [9.17, 15) is 0 Å². The zero-order chi connectivity index (χ0) is 14.6. The lowest BCUT2D eigenvalue weighted by Gasteiger charge is -2.14. The number of guanidine groups is 1. The molecule has 0 atom stereocenters. The highest BCUT2D eigenvalue weighted by Crippen LogP contribution is 1.97. The van der Waals surface area contributed by atoms with E-state index >= 15 is 0 Å². The van der Waals surface area contributed by atoms with Crippen molar-refractivity contribution in [3.63, 3.8) is 0 Å². The fourth-order valence-electron chi connectivity index (χ4n) is 1.80. The average Bonchev–Trinajstić information content (AvgIpc) is 2.48. The molecule has 0 aliphatic carbocycles. The van der Waals surface area contributed by atoms with Crippen LogP contribution in [0.1, 0.15) is 19.4 Å². The van der Waals surface area contributed by atoms with Crippen LogP contribution in [0, 0.1) is 0 Å². The maximum absolute atomic E-state index is 4.59. The van der Waals surface area contributed by atoms with Crippen LogP contribution in [0.15, 0.2) is 35.3 Å². The standard InChI is InChI=1S/C16H28N4.HI/c1-4-17-16(19-13-14-20(3)5-2)18-12-11-15-9-7-6-8-10-15;/h6-10H,4-5,11-14H2,1-3H3,(H2,17,18,19);1H. The summed E-state index contributed by atoms with van der Waals surface area (Å²) >= 11 is 0. The molecule has 120 valence electrons. The summed E-state index contributed by atoms with van der Waals surface area (Å²) in [6, 6.07) is 10.5. The lowest BCUT2D eigenvalue weighted by Crippen LogP contribution is -2.38. The monoisotopic (exact) mass is 404 g/mol. The first-order valence-electron chi connectivity index (χ1n) is 7.51. The van der Waals surface area contributed by atoms with Crippen LogP contribution in [0.25, 0.3) is 0 Å². The Morgan fingerprint density at radius 2 is 1.86 bits per heavy atom. The van der Waals surface area contributed by atoms with Gasteiger partial charge >= 0.3 is 0 Å². The molecule has 1 rings (SSSR count). The third-order valence-electron chi connectivity index (χ3n) is 3.18. The van der Waals surface area contributed by atoms with Crippen LogP contribution in [-0.2, 0) is 6.42 Å². The second-order valence-electron chi connectivity index (χ2n) is 4.82. The average molecular weight is 404 g/mol. The van der Waals surface area contributed by atoms with Crippen LogP contribution in [0.3, 0.4) is 0 Å². The summed E-state index contributed by atoms with van der Waals surface area (Å²) in [4.78, 5) is 6.85. The molecule has 0 radical (unpaired) electrons. The predicted molar refractivity (Wildman–Crippen MR) is 103 cm³/mol. The van der Waals surface area contributed by atoms with Gasteiger partial charge in [-0.1, -0.05) is 37.3 Å². The van der Waals surface area contributed by atoms with Gasteiger partial charge in [0, 0.05) is 19.6 Å². The fraction of sp³-hybridized carbons (Fsp3) is 0.562. The van der Waals surface area contributed by atoms with Crippen molar-refractivity contribution in [2.45, 2.75) is 20.3 Å². The normalized spacial score (nSPS) is 11.1. The Labute approximate surface area is 146 Å². The highest BCUT2D eigenvalue weighted by molar-refractivity contribution is 14.0. The smallest absolute Gasteiger partial charge is 0.191 e. The molecule has 1 aromatic carbocycles. The van der Waals surface area contributed by atoms with Gasteiger partial charge in [0.15, 0.2) is 5.96 Å². The fourth-order valence-corrected chi connectivity index (χ4v) is 1.80. The molecule has 0 amide bonds. The van der Waals surface area contributed by atoms with E-state index in [1.165, 1.54) is 5.56 Å². The predicted octanol–water partition coefficient (Wildman–Crippen LogP) is 2.35. The number of rotatable bonds is 8.